The second kappa shape index (κ2) is 9.00. The fourth-order valence-electron chi connectivity index (χ4n) is 1.45. The van der Waals surface area contributed by atoms with E-state index < -0.39 is 6.09 Å². The molecule has 0 aliphatic carbocycles. The van der Waals surface area contributed by atoms with Crippen molar-refractivity contribution in [2.45, 2.75) is 33.1 Å². The maximum Gasteiger partial charge on any atom is 0.406 e. The standard InChI is InChI=1S/C11H22N2O3/c1-4-9(10(14)12-5-2)7-6-8-13-11(15)16-3/h9H,4-8H2,1-3H3,(H,12,14)(H,13,15). The minimum atomic E-state index is -0.425. The maximum atomic E-state index is 11.5. The van der Waals surface area contributed by atoms with Crippen molar-refractivity contribution in [3.8, 4) is 0 Å². The van der Waals surface area contributed by atoms with Crippen LogP contribution in [0.1, 0.15) is 33.1 Å². The fourth-order valence-corrected chi connectivity index (χ4v) is 1.45. The molecule has 16 heavy (non-hydrogen) atoms. The third-order valence-electron chi connectivity index (χ3n) is 2.40. The number of hydrogen-bond acceptors (Lipinski definition) is 3. The van der Waals surface area contributed by atoms with Gasteiger partial charge < -0.3 is 15.4 Å². The van der Waals surface area contributed by atoms with E-state index in [9.17, 15) is 9.59 Å². The Balaban J connectivity index is 3.70. The van der Waals surface area contributed by atoms with Gasteiger partial charge in [0.05, 0.1) is 7.11 Å². The number of nitrogens with one attached hydrogen (secondary N) is 2. The van der Waals surface area contributed by atoms with Gasteiger partial charge in [-0.15, -0.1) is 0 Å². The Bertz CT molecular complexity index is 219. The van der Waals surface area contributed by atoms with Gasteiger partial charge in [-0.2, -0.15) is 0 Å². The molecule has 1 atom stereocenters. The second-order valence-corrected chi connectivity index (χ2v) is 3.56. The van der Waals surface area contributed by atoms with Gasteiger partial charge in [0, 0.05) is 19.0 Å². The van der Waals surface area contributed by atoms with Crippen molar-refractivity contribution < 1.29 is 14.3 Å². The molecule has 0 radical (unpaired) electrons. The van der Waals surface area contributed by atoms with E-state index in [1.54, 1.807) is 0 Å². The molecule has 0 aliphatic rings. The number of carbonyl (C=O) groups is 2. The molecule has 0 rings (SSSR count). The summed E-state index contributed by atoms with van der Waals surface area (Å²) >= 11 is 0. The quantitative estimate of drug-likeness (QED) is 0.647. The van der Waals surface area contributed by atoms with E-state index >= 15 is 0 Å². The molecule has 5 heteroatoms. The monoisotopic (exact) mass is 230 g/mol. The molecule has 0 aromatic carbocycles. The van der Waals surface area contributed by atoms with Gasteiger partial charge >= 0.3 is 6.09 Å². The summed E-state index contributed by atoms with van der Waals surface area (Å²) < 4.78 is 4.44. The summed E-state index contributed by atoms with van der Waals surface area (Å²) in [4.78, 5) is 22.3. The molecule has 0 aliphatic heterocycles. The summed E-state index contributed by atoms with van der Waals surface area (Å²) in [6.45, 7) is 5.11. The lowest BCUT2D eigenvalue weighted by Crippen LogP contribution is -2.31. The summed E-state index contributed by atoms with van der Waals surface area (Å²) in [5.74, 6) is 0.141. The van der Waals surface area contributed by atoms with Gasteiger partial charge in [0.1, 0.15) is 0 Å². The van der Waals surface area contributed by atoms with Crippen LogP contribution in [-0.2, 0) is 9.53 Å². The van der Waals surface area contributed by atoms with Crippen molar-refractivity contribution in [3.63, 3.8) is 0 Å². The maximum absolute atomic E-state index is 11.5. The van der Waals surface area contributed by atoms with Crippen LogP contribution in [-0.4, -0.2) is 32.2 Å². The van der Waals surface area contributed by atoms with E-state index in [2.05, 4.69) is 15.4 Å². The molecule has 0 spiro atoms. The van der Waals surface area contributed by atoms with Crippen molar-refractivity contribution in [2.24, 2.45) is 5.92 Å². The van der Waals surface area contributed by atoms with E-state index in [0.29, 0.717) is 13.1 Å². The number of amides is 2. The third kappa shape index (κ3) is 6.27. The first-order valence-electron chi connectivity index (χ1n) is 5.75. The van der Waals surface area contributed by atoms with Crippen LogP contribution < -0.4 is 10.6 Å². The topological polar surface area (TPSA) is 67.4 Å². The molecule has 1 unspecified atom stereocenters. The Morgan fingerprint density at radius 1 is 1.25 bits per heavy atom. The van der Waals surface area contributed by atoms with Crippen LogP contribution in [0.25, 0.3) is 0 Å². The average molecular weight is 230 g/mol. The molecule has 0 fully saturated rings. The Morgan fingerprint density at radius 2 is 1.94 bits per heavy atom. The number of hydrogen-bond donors (Lipinski definition) is 2. The van der Waals surface area contributed by atoms with Crippen LogP contribution in [0.15, 0.2) is 0 Å². The molecule has 2 amide bonds. The highest BCUT2D eigenvalue weighted by molar-refractivity contribution is 5.78. The summed E-state index contributed by atoms with van der Waals surface area (Å²) in [6, 6.07) is 0. The van der Waals surface area contributed by atoms with E-state index in [4.69, 9.17) is 0 Å². The molecular formula is C11H22N2O3. The molecular weight excluding hydrogens is 208 g/mol. The lowest BCUT2D eigenvalue weighted by atomic mass is 9.99. The molecule has 0 aromatic heterocycles. The molecule has 2 N–H and O–H groups in total. The smallest absolute Gasteiger partial charge is 0.406 e. The highest BCUT2D eigenvalue weighted by Gasteiger charge is 2.14. The first-order valence-corrected chi connectivity index (χ1v) is 5.75. The SMILES string of the molecule is CCNC(=O)C(CC)CCCNC(=O)OC. The summed E-state index contributed by atoms with van der Waals surface area (Å²) in [5, 5.41) is 5.40. The zero-order valence-corrected chi connectivity index (χ0v) is 10.3. The van der Waals surface area contributed by atoms with Crippen LogP contribution in [0.2, 0.25) is 0 Å². The summed E-state index contributed by atoms with van der Waals surface area (Å²) in [5.41, 5.74) is 0. The van der Waals surface area contributed by atoms with Gasteiger partial charge in [0.25, 0.3) is 0 Å². The molecule has 0 bridgehead atoms. The molecule has 0 heterocycles. The Morgan fingerprint density at radius 3 is 2.44 bits per heavy atom. The first kappa shape index (κ1) is 14.7. The molecule has 5 nitrogen and oxygen atoms in total. The Labute approximate surface area is 96.9 Å². The van der Waals surface area contributed by atoms with Crippen molar-refractivity contribution in [1.29, 1.82) is 0 Å². The minimum absolute atomic E-state index is 0.0411. The molecule has 94 valence electrons. The second-order valence-electron chi connectivity index (χ2n) is 3.56. The molecule has 0 saturated carbocycles. The normalized spacial score (nSPS) is 11.7. The number of methoxy groups -OCH3 is 1. The van der Waals surface area contributed by atoms with E-state index in [0.717, 1.165) is 19.3 Å². The Hall–Kier alpha value is -1.26. The first-order chi connectivity index (χ1) is 7.65. The predicted octanol–water partition coefficient (Wildman–Crippen LogP) is 1.28. The van der Waals surface area contributed by atoms with Crippen molar-refractivity contribution in [1.82, 2.24) is 10.6 Å². The average Bonchev–Trinajstić information content (AvgIpc) is 2.29. The van der Waals surface area contributed by atoms with Gasteiger partial charge in [0.2, 0.25) is 5.91 Å². The van der Waals surface area contributed by atoms with Crippen LogP contribution in [0, 0.1) is 5.92 Å². The van der Waals surface area contributed by atoms with Gasteiger partial charge in [-0.1, -0.05) is 6.92 Å². The number of rotatable bonds is 7. The fraction of sp³-hybridized carbons (Fsp3) is 0.818. The summed E-state index contributed by atoms with van der Waals surface area (Å²) in [6.07, 6.45) is 1.97. The zero-order chi connectivity index (χ0) is 12.4. The number of ether oxygens (including phenoxy) is 1. The van der Waals surface area contributed by atoms with Crippen LogP contribution in [0.3, 0.4) is 0 Å². The zero-order valence-electron chi connectivity index (χ0n) is 10.3. The lowest BCUT2D eigenvalue weighted by Gasteiger charge is -2.13. The summed E-state index contributed by atoms with van der Waals surface area (Å²) in [7, 11) is 1.33. The van der Waals surface area contributed by atoms with Gasteiger partial charge in [0.15, 0.2) is 0 Å². The third-order valence-corrected chi connectivity index (χ3v) is 2.40. The Kier molecular flexibility index (Phi) is 8.29. The lowest BCUT2D eigenvalue weighted by molar-refractivity contribution is -0.125. The highest BCUT2D eigenvalue weighted by atomic mass is 16.5. The predicted molar refractivity (Wildman–Crippen MR) is 62.1 cm³/mol. The van der Waals surface area contributed by atoms with E-state index in [1.807, 2.05) is 13.8 Å². The van der Waals surface area contributed by atoms with E-state index in [-0.39, 0.29) is 11.8 Å². The largest absolute Gasteiger partial charge is 0.453 e. The number of carbonyl (C=O) groups excluding carboxylic acids is 2. The van der Waals surface area contributed by atoms with Crippen molar-refractivity contribution in [3.05, 3.63) is 0 Å². The minimum Gasteiger partial charge on any atom is -0.453 e. The molecule has 0 saturated heterocycles. The van der Waals surface area contributed by atoms with Crippen molar-refractivity contribution in [2.75, 3.05) is 20.2 Å². The van der Waals surface area contributed by atoms with Crippen molar-refractivity contribution >= 4 is 12.0 Å². The van der Waals surface area contributed by atoms with Crippen LogP contribution >= 0.6 is 0 Å². The molecule has 0 aromatic rings. The van der Waals surface area contributed by atoms with E-state index in [1.165, 1.54) is 7.11 Å². The number of alkyl carbamates (subject to hydrolysis) is 1. The highest BCUT2D eigenvalue weighted by Crippen LogP contribution is 2.10. The van der Waals surface area contributed by atoms with Gasteiger partial charge in [-0.3, -0.25) is 4.79 Å². The van der Waals surface area contributed by atoms with Gasteiger partial charge in [-0.05, 0) is 26.2 Å². The van der Waals surface area contributed by atoms with Crippen LogP contribution in [0.4, 0.5) is 4.79 Å². The van der Waals surface area contributed by atoms with Crippen LogP contribution in [0.5, 0.6) is 0 Å². The van der Waals surface area contributed by atoms with Gasteiger partial charge in [-0.25, -0.2) is 4.79 Å².